The Hall–Kier alpha value is -3.70. The maximum atomic E-state index is 6.03. The molecule has 0 aliphatic heterocycles. The highest BCUT2D eigenvalue weighted by Crippen LogP contribution is 2.27. The van der Waals surface area contributed by atoms with Gasteiger partial charge in [-0.15, -0.1) is 12.4 Å². The third-order valence-corrected chi connectivity index (χ3v) is 4.58. The zero-order valence-electron chi connectivity index (χ0n) is 15.9. The number of nitrogens with zero attached hydrogens (tertiary/aromatic N) is 3. The van der Waals surface area contributed by atoms with Crippen LogP contribution in [0.25, 0.3) is 33.5 Å². The fraction of sp³-hybridized carbons (Fsp3) is 0.0417. The lowest BCUT2D eigenvalue weighted by molar-refractivity contribution is 0.244. The highest BCUT2D eigenvalue weighted by molar-refractivity contribution is 5.85. The lowest BCUT2D eigenvalue weighted by Gasteiger charge is -2.09. The van der Waals surface area contributed by atoms with Gasteiger partial charge in [0.15, 0.2) is 18.2 Å². The van der Waals surface area contributed by atoms with E-state index in [1.807, 2.05) is 91.0 Å². The molecule has 0 saturated heterocycles. The first kappa shape index (κ1) is 19.6. The Morgan fingerprint density at radius 2 is 1.40 bits per heavy atom. The van der Waals surface area contributed by atoms with Crippen LogP contribution >= 0.6 is 12.4 Å². The van der Waals surface area contributed by atoms with Gasteiger partial charge >= 0.3 is 0 Å². The van der Waals surface area contributed by atoms with E-state index in [2.05, 4.69) is 15.1 Å². The summed E-state index contributed by atoms with van der Waals surface area (Å²) < 4.78 is 11.5. The second-order valence-corrected chi connectivity index (χ2v) is 6.57. The van der Waals surface area contributed by atoms with Gasteiger partial charge < -0.3 is 9.26 Å². The summed E-state index contributed by atoms with van der Waals surface area (Å²) in [5.41, 5.74) is 3.55. The monoisotopic (exact) mass is 415 g/mol. The van der Waals surface area contributed by atoms with Gasteiger partial charge in [0.1, 0.15) is 5.69 Å². The molecule has 2 aromatic heterocycles. The molecule has 2 heterocycles. The van der Waals surface area contributed by atoms with Crippen LogP contribution in [0.5, 0.6) is 5.88 Å². The Labute approximate surface area is 179 Å². The minimum atomic E-state index is 0. The molecule has 30 heavy (non-hydrogen) atoms. The molecule has 0 N–H and O–H groups in total. The summed E-state index contributed by atoms with van der Waals surface area (Å²) in [5, 5.41) is 4.99. The largest absolute Gasteiger partial charge is 0.469 e. The highest BCUT2D eigenvalue weighted by Gasteiger charge is 2.12. The van der Waals surface area contributed by atoms with Gasteiger partial charge in [0.2, 0.25) is 5.88 Å². The SMILES string of the molecule is Cl.c1ccc(-c2cc(COc3nc(-c4ccccc4)nc4ccccc34)on2)cc1. The van der Waals surface area contributed by atoms with Gasteiger partial charge in [-0.05, 0) is 12.1 Å². The molecule has 6 heteroatoms. The molecule has 0 aliphatic rings. The fourth-order valence-corrected chi connectivity index (χ4v) is 3.14. The summed E-state index contributed by atoms with van der Waals surface area (Å²) in [5.74, 6) is 1.78. The van der Waals surface area contributed by atoms with Gasteiger partial charge in [-0.3, -0.25) is 0 Å². The number of ether oxygens (including phenoxy) is 1. The van der Waals surface area contributed by atoms with Crippen molar-refractivity contribution < 1.29 is 9.26 Å². The van der Waals surface area contributed by atoms with Gasteiger partial charge in [0.05, 0.1) is 10.9 Å². The van der Waals surface area contributed by atoms with Crippen LogP contribution in [0.3, 0.4) is 0 Å². The zero-order valence-corrected chi connectivity index (χ0v) is 16.8. The Morgan fingerprint density at radius 1 is 0.733 bits per heavy atom. The predicted molar refractivity (Wildman–Crippen MR) is 118 cm³/mol. The Kier molecular flexibility index (Phi) is 5.72. The molecule has 0 bridgehead atoms. The van der Waals surface area contributed by atoms with E-state index < -0.39 is 0 Å². The molecule has 148 valence electrons. The second kappa shape index (κ2) is 8.76. The van der Waals surface area contributed by atoms with Crippen LogP contribution < -0.4 is 4.74 Å². The molecular formula is C24H18ClN3O2. The molecule has 3 aromatic carbocycles. The molecule has 0 spiro atoms. The van der Waals surface area contributed by atoms with Crippen molar-refractivity contribution in [2.24, 2.45) is 0 Å². The average Bonchev–Trinajstić information content (AvgIpc) is 3.27. The van der Waals surface area contributed by atoms with Crippen LogP contribution in [0.1, 0.15) is 5.76 Å². The van der Waals surface area contributed by atoms with Crippen LogP contribution in [-0.2, 0) is 6.61 Å². The van der Waals surface area contributed by atoms with Crippen molar-refractivity contribution in [1.29, 1.82) is 0 Å². The molecule has 0 fully saturated rings. The molecule has 0 saturated carbocycles. The Balaban J connectivity index is 0.00000218. The van der Waals surface area contributed by atoms with Crippen LogP contribution in [0.15, 0.2) is 95.5 Å². The summed E-state index contributed by atoms with van der Waals surface area (Å²) in [6.45, 7) is 0.231. The van der Waals surface area contributed by atoms with Crippen molar-refractivity contribution in [3.8, 4) is 28.5 Å². The fourth-order valence-electron chi connectivity index (χ4n) is 3.14. The normalized spacial score (nSPS) is 10.5. The van der Waals surface area contributed by atoms with Crippen LogP contribution in [0.2, 0.25) is 0 Å². The minimum absolute atomic E-state index is 0. The van der Waals surface area contributed by atoms with Gasteiger partial charge in [0, 0.05) is 17.2 Å². The Morgan fingerprint density at radius 3 is 2.17 bits per heavy atom. The number of benzene rings is 3. The van der Waals surface area contributed by atoms with E-state index in [0.29, 0.717) is 17.5 Å². The number of halogens is 1. The van der Waals surface area contributed by atoms with Crippen LogP contribution in [0, 0.1) is 0 Å². The number of para-hydroxylation sites is 1. The smallest absolute Gasteiger partial charge is 0.225 e. The van der Waals surface area contributed by atoms with E-state index in [1.54, 1.807) is 0 Å². The molecule has 5 nitrogen and oxygen atoms in total. The van der Waals surface area contributed by atoms with Crippen molar-refractivity contribution in [2.75, 3.05) is 0 Å². The van der Waals surface area contributed by atoms with E-state index in [4.69, 9.17) is 9.26 Å². The summed E-state index contributed by atoms with van der Waals surface area (Å²) in [7, 11) is 0. The predicted octanol–water partition coefficient (Wildman–Crippen LogP) is 5.95. The van der Waals surface area contributed by atoms with Crippen molar-refractivity contribution in [2.45, 2.75) is 6.61 Å². The van der Waals surface area contributed by atoms with Crippen LogP contribution in [-0.4, -0.2) is 15.1 Å². The standard InChI is InChI=1S/C24H17N3O2.ClH/c1-3-9-17(10-4-1)22-15-19(29-27-22)16-28-24-20-13-7-8-14-21(20)25-23(26-24)18-11-5-2-6-12-18;/h1-15H,16H2;1H. The quantitative estimate of drug-likeness (QED) is 0.355. The van der Waals surface area contributed by atoms with E-state index in [-0.39, 0.29) is 19.0 Å². The van der Waals surface area contributed by atoms with E-state index in [0.717, 1.165) is 27.7 Å². The molecular weight excluding hydrogens is 398 g/mol. The number of fused-ring (bicyclic) bond motifs is 1. The second-order valence-electron chi connectivity index (χ2n) is 6.57. The van der Waals surface area contributed by atoms with Crippen LogP contribution in [0.4, 0.5) is 0 Å². The number of hydrogen-bond acceptors (Lipinski definition) is 5. The van der Waals surface area contributed by atoms with Crippen molar-refractivity contribution >= 4 is 23.3 Å². The zero-order chi connectivity index (χ0) is 19.5. The van der Waals surface area contributed by atoms with Crippen molar-refractivity contribution in [3.05, 3.63) is 96.8 Å². The lowest BCUT2D eigenvalue weighted by Crippen LogP contribution is -2.00. The molecule has 0 radical (unpaired) electrons. The molecule has 0 amide bonds. The Bertz CT molecular complexity index is 1260. The average molecular weight is 416 g/mol. The molecule has 0 atom stereocenters. The highest BCUT2D eigenvalue weighted by atomic mass is 35.5. The first-order valence-electron chi connectivity index (χ1n) is 9.33. The first-order valence-corrected chi connectivity index (χ1v) is 9.33. The first-order chi connectivity index (χ1) is 14.4. The van der Waals surface area contributed by atoms with E-state index in [1.165, 1.54) is 0 Å². The van der Waals surface area contributed by atoms with E-state index >= 15 is 0 Å². The summed E-state index contributed by atoms with van der Waals surface area (Å²) in [6, 6.07) is 29.5. The number of aromatic nitrogens is 3. The van der Waals surface area contributed by atoms with Gasteiger partial charge in [0.25, 0.3) is 0 Å². The van der Waals surface area contributed by atoms with Gasteiger partial charge in [-0.2, -0.15) is 4.98 Å². The number of rotatable bonds is 5. The molecule has 5 rings (SSSR count). The van der Waals surface area contributed by atoms with Gasteiger partial charge in [-0.1, -0.05) is 78.0 Å². The number of hydrogen-bond donors (Lipinski definition) is 0. The molecule has 0 unspecified atom stereocenters. The third-order valence-electron chi connectivity index (χ3n) is 4.58. The summed E-state index contributed by atoms with van der Waals surface area (Å²) in [4.78, 5) is 9.33. The molecule has 0 aliphatic carbocycles. The van der Waals surface area contributed by atoms with Gasteiger partial charge in [-0.25, -0.2) is 4.98 Å². The minimum Gasteiger partial charge on any atom is -0.469 e. The third kappa shape index (κ3) is 4.02. The summed E-state index contributed by atoms with van der Waals surface area (Å²) in [6.07, 6.45) is 0. The molecule has 5 aromatic rings. The van der Waals surface area contributed by atoms with E-state index in [9.17, 15) is 0 Å². The lowest BCUT2D eigenvalue weighted by atomic mass is 10.1. The van der Waals surface area contributed by atoms with Crippen molar-refractivity contribution in [3.63, 3.8) is 0 Å². The maximum absolute atomic E-state index is 6.03. The maximum Gasteiger partial charge on any atom is 0.225 e. The topological polar surface area (TPSA) is 61.0 Å². The summed E-state index contributed by atoms with van der Waals surface area (Å²) >= 11 is 0. The van der Waals surface area contributed by atoms with Crippen molar-refractivity contribution in [1.82, 2.24) is 15.1 Å².